The van der Waals surface area contributed by atoms with Crippen LogP contribution in [0.15, 0.2) is 53.7 Å². The van der Waals surface area contributed by atoms with Gasteiger partial charge in [0.15, 0.2) is 0 Å². The van der Waals surface area contributed by atoms with Crippen LogP contribution in [0, 0.1) is 5.82 Å². The molecule has 0 amide bonds. The SMILES string of the molecule is O=C(C1=Nc2ccccc2C1)c1c[nH]c2c(F)cccc12. The van der Waals surface area contributed by atoms with E-state index in [1.807, 2.05) is 24.3 Å². The summed E-state index contributed by atoms with van der Waals surface area (Å²) in [6.45, 7) is 0. The zero-order valence-electron chi connectivity index (χ0n) is 11.1. The average molecular weight is 278 g/mol. The van der Waals surface area contributed by atoms with Crippen molar-refractivity contribution >= 4 is 28.1 Å². The minimum atomic E-state index is -0.358. The van der Waals surface area contributed by atoms with E-state index in [0.717, 1.165) is 11.3 Å². The van der Waals surface area contributed by atoms with Gasteiger partial charge in [0.1, 0.15) is 5.82 Å². The third kappa shape index (κ3) is 1.80. The molecule has 4 rings (SSSR count). The molecule has 3 nitrogen and oxygen atoms in total. The Morgan fingerprint density at radius 3 is 2.86 bits per heavy atom. The van der Waals surface area contributed by atoms with Crippen LogP contribution in [0.3, 0.4) is 0 Å². The van der Waals surface area contributed by atoms with Crippen LogP contribution in [-0.2, 0) is 6.42 Å². The van der Waals surface area contributed by atoms with Gasteiger partial charge in [0, 0.05) is 23.6 Å². The normalized spacial score (nSPS) is 13.3. The fraction of sp³-hybridized carbons (Fsp3) is 0.0588. The minimum absolute atomic E-state index is 0.150. The minimum Gasteiger partial charge on any atom is -0.358 e. The molecule has 21 heavy (non-hydrogen) atoms. The number of para-hydroxylation sites is 2. The number of aromatic amines is 1. The zero-order chi connectivity index (χ0) is 14.4. The average Bonchev–Trinajstić information content (AvgIpc) is 3.11. The van der Waals surface area contributed by atoms with Crippen LogP contribution >= 0.6 is 0 Å². The van der Waals surface area contributed by atoms with Crippen molar-refractivity contribution in [2.75, 3.05) is 0 Å². The number of fused-ring (bicyclic) bond motifs is 2. The monoisotopic (exact) mass is 278 g/mol. The second-order valence-electron chi connectivity index (χ2n) is 5.06. The quantitative estimate of drug-likeness (QED) is 0.712. The molecular weight excluding hydrogens is 267 g/mol. The third-order valence-electron chi connectivity index (χ3n) is 3.78. The van der Waals surface area contributed by atoms with E-state index in [4.69, 9.17) is 0 Å². The number of benzene rings is 2. The number of nitrogens with zero attached hydrogens (tertiary/aromatic N) is 1. The third-order valence-corrected chi connectivity index (χ3v) is 3.78. The van der Waals surface area contributed by atoms with E-state index in [1.165, 1.54) is 6.07 Å². The Bertz CT molecular complexity index is 908. The first-order valence-corrected chi connectivity index (χ1v) is 6.70. The number of aliphatic imine (C=N–C) groups is 1. The Morgan fingerprint density at radius 1 is 1.14 bits per heavy atom. The summed E-state index contributed by atoms with van der Waals surface area (Å²) in [6.07, 6.45) is 2.08. The number of hydrogen-bond donors (Lipinski definition) is 1. The molecule has 1 aliphatic rings. The maximum atomic E-state index is 13.7. The molecule has 0 spiro atoms. The molecule has 0 unspecified atom stereocenters. The number of ketones is 1. The number of Topliss-reactive ketones (excluding diaryl/α,β-unsaturated/α-hetero) is 1. The molecule has 102 valence electrons. The van der Waals surface area contributed by atoms with Crippen LogP contribution in [0.25, 0.3) is 10.9 Å². The molecular formula is C17H11FN2O. The second kappa shape index (κ2) is 4.38. The van der Waals surface area contributed by atoms with E-state index in [0.29, 0.717) is 28.6 Å². The van der Waals surface area contributed by atoms with Crippen LogP contribution in [0.2, 0.25) is 0 Å². The Labute approximate surface area is 120 Å². The highest BCUT2D eigenvalue weighted by molar-refractivity contribution is 6.49. The maximum absolute atomic E-state index is 13.7. The van der Waals surface area contributed by atoms with Gasteiger partial charge in [0.2, 0.25) is 5.78 Å². The molecule has 2 aromatic carbocycles. The highest BCUT2D eigenvalue weighted by Crippen LogP contribution is 2.29. The van der Waals surface area contributed by atoms with E-state index in [9.17, 15) is 9.18 Å². The molecule has 4 heteroatoms. The molecule has 0 saturated heterocycles. The smallest absolute Gasteiger partial charge is 0.209 e. The number of aromatic nitrogens is 1. The first-order valence-electron chi connectivity index (χ1n) is 6.70. The van der Waals surface area contributed by atoms with Crippen LogP contribution in [-0.4, -0.2) is 16.5 Å². The van der Waals surface area contributed by atoms with Crippen LogP contribution < -0.4 is 0 Å². The first-order chi connectivity index (χ1) is 10.2. The molecule has 0 radical (unpaired) electrons. The standard InChI is InChI=1S/C17H11FN2O/c18-13-6-3-5-11-12(9-19-16(11)13)17(21)15-8-10-4-1-2-7-14(10)20-15/h1-7,9,19H,8H2. The molecule has 1 aromatic heterocycles. The summed E-state index contributed by atoms with van der Waals surface area (Å²) >= 11 is 0. The Balaban J connectivity index is 1.78. The number of halogens is 1. The molecule has 2 heterocycles. The Kier molecular flexibility index (Phi) is 2.51. The summed E-state index contributed by atoms with van der Waals surface area (Å²) in [5.74, 6) is -0.508. The molecule has 0 atom stereocenters. The van der Waals surface area contributed by atoms with Crippen molar-refractivity contribution in [1.29, 1.82) is 0 Å². The van der Waals surface area contributed by atoms with Gasteiger partial charge < -0.3 is 4.98 Å². The summed E-state index contributed by atoms with van der Waals surface area (Å²) < 4.78 is 13.7. The van der Waals surface area contributed by atoms with E-state index in [2.05, 4.69) is 9.98 Å². The van der Waals surface area contributed by atoms with Gasteiger partial charge >= 0.3 is 0 Å². The largest absolute Gasteiger partial charge is 0.358 e. The number of carbonyl (C=O) groups is 1. The van der Waals surface area contributed by atoms with Crippen molar-refractivity contribution in [3.63, 3.8) is 0 Å². The number of carbonyl (C=O) groups excluding carboxylic acids is 1. The number of rotatable bonds is 2. The Hall–Kier alpha value is -2.75. The van der Waals surface area contributed by atoms with Gasteiger partial charge in [-0.25, -0.2) is 9.38 Å². The summed E-state index contributed by atoms with van der Waals surface area (Å²) in [5, 5.41) is 0.596. The van der Waals surface area contributed by atoms with Gasteiger partial charge in [0.05, 0.1) is 16.9 Å². The highest BCUT2D eigenvalue weighted by Gasteiger charge is 2.23. The molecule has 1 N–H and O–H groups in total. The highest BCUT2D eigenvalue weighted by atomic mass is 19.1. The second-order valence-corrected chi connectivity index (χ2v) is 5.06. The van der Waals surface area contributed by atoms with Gasteiger partial charge in [-0.15, -0.1) is 0 Å². The van der Waals surface area contributed by atoms with E-state index in [1.54, 1.807) is 18.3 Å². The van der Waals surface area contributed by atoms with Crippen molar-refractivity contribution in [1.82, 2.24) is 4.98 Å². The van der Waals surface area contributed by atoms with Crippen molar-refractivity contribution < 1.29 is 9.18 Å². The summed E-state index contributed by atoms with van der Waals surface area (Å²) in [4.78, 5) is 19.9. The van der Waals surface area contributed by atoms with Gasteiger partial charge in [-0.1, -0.05) is 30.3 Å². The van der Waals surface area contributed by atoms with Gasteiger partial charge in [-0.3, -0.25) is 4.79 Å². The van der Waals surface area contributed by atoms with Gasteiger partial charge in [0.25, 0.3) is 0 Å². The lowest BCUT2D eigenvalue weighted by Crippen LogP contribution is -2.13. The predicted molar refractivity (Wildman–Crippen MR) is 79.8 cm³/mol. The number of hydrogen-bond acceptors (Lipinski definition) is 2. The lowest BCUT2D eigenvalue weighted by atomic mass is 10.0. The first kappa shape index (κ1) is 12.0. The fourth-order valence-corrected chi connectivity index (χ4v) is 2.73. The van der Waals surface area contributed by atoms with E-state index >= 15 is 0 Å². The maximum Gasteiger partial charge on any atom is 0.209 e. The van der Waals surface area contributed by atoms with E-state index in [-0.39, 0.29) is 11.6 Å². The van der Waals surface area contributed by atoms with Crippen molar-refractivity contribution in [3.8, 4) is 0 Å². The molecule has 1 aliphatic heterocycles. The van der Waals surface area contributed by atoms with Crippen molar-refractivity contribution in [2.45, 2.75) is 6.42 Å². The van der Waals surface area contributed by atoms with Crippen molar-refractivity contribution in [2.24, 2.45) is 4.99 Å². The topological polar surface area (TPSA) is 45.2 Å². The van der Waals surface area contributed by atoms with Crippen LogP contribution in [0.5, 0.6) is 0 Å². The molecule has 3 aromatic rings. The summed E-state index contributed by atoms with van der Waals surface area (Å²) in [5.41, 5.74) is 3.22. The summed E-state index contributed by atoms with van der Waals surface area (Å²) in [7, 11) is 0. The predicted octanol–water partition coefficient (Wildman–Crippen LogP) is 3.82. The molecule has 0 aliphatic carbocycles. The number of nitrogens with one attached hydrogen (secondary N) is 1. The summed E-state index contributed by atoms with van der Waals surface area (Å²) in [6, 6.07) is 12.4. The van der Waals surface area contributed by atoms with Gasteiger partial charge in [-0.2, -0.15) is 0 Å². The number of H-pyrrole nitrogens is 1. The molecule has 0 saturated carbocycles. The van der Waals surface area contributed by atoms with Crippen LogP contribution in [0.1, 0.15) is 15.9 Å². The molecule has 0 fully saturated rings. The lowest BCUT2D eigenvalue weighted by Gasteiger charge is -1.99. The molecule has 0 bridgehead atoms. The van der Waals surface area contributed by atoms with Crippen LogP contribution in [0.4, 0.5) is 10.1 Å². The van der Waals surface area contributed by atoms with E-state index < -0.39 is 0 Å². The Morgan fingerprint density at radius 2 is 2.00 bits per heavy atom. The van der Waals surface area contributed by atoms with Crippen molar-refractivity contribution in [3.05, 3.63) is 65.6 Å². The fourth-order valence-electron chi connectivity index (χ4n) is 2.73. The zero-order valence-corrected chi connectivity index (χ0v) is 11.1. The van der Waals surface area contributed by atoms with Gasteiger partial charge in [-0.05, 0) is 17.7 Å². The lowest BCUT2D eigenvalue weighted by molar-refractivity contribution is 0.106.